The Morgan fingerprint density at radius 2 is 2.05 bits per heavy atom. The van der Waals surface area contributed by atoms with Gasteiger partial charge in [0.25, 0.3) is 5.91 Å². The number of carbonyl (C=O) groups excluding carboxylic acids is 1. The summed E-state index contributed by atoms with van der Waals surface area (Å²) in [6.45, 7) is 0. The summed E-state index contributed by atoms with van der Waals surface area (Å²) in [7, 11) is 1.76. The zero-order chi connectivity index (χ0) is 15.0. The number of hydrogen-bond acceptors (Lipinski definition) is 2. The molecule has 4 nitrogen and oxygen atoms in total. The Morgan fingerprint density at radius 3 is 2.81 bits per heavy atom. The molecule has 0 saturated carbocycles. The van der Waals surface area contributed by atoms with Gasteiger partial charge in [0.2, 0.25) is 0 Å². The van der Waals surface area contributed by atoms with E-state index < -0.39 is 11.7 Å². The molecule has 0 aliphatic carbocycles. The molecular weight excluding hydrogens is 337 g/mol. The molecule has 1 aromatic heterocycles. The molecule has 0 saturated heterocycles. The molecule has 1 heterocycles. The van der Waals surface area contributed by atoms with Crippen molar-refractivity contribution in [1.82, 2.24) is 9.78 Å². The van der Waals surface area contributed by atoms with Gasteiger partial charge in [0.1, 0.15) is 5.82 Å². The molecule has 0 aliphatic rings. The highest BCUT2D eigenvalue weighted by Crippen LogP contribution is 2.22. The number of hydrogen-bond donors (Lipinski definition) is 1. The fourth-order valence-electron chi connectivity index (χ4n) is 2.15. The van der Waals surface area contributed by atoms with E-state index in [0.29, 0.717) is 4.47 Å². The van der Waals surface area contributed by atoms with Crippen molar-refractivity contribution in [2.75, 3.05) is 5.32 Å². The average Bonchev–Trinajstić information content (AvgIpc) is 2.80. The number of carbonyl (C=O) groups is 1. The number of anilines is 1. The average molecular weight is 348 g/mol. The van der Waals surface area contributed by atoms with Crippen molar-refractivity contribution < 1.29 is 9.18 Å². The number of nitrogens with one attached hydrogen (secondary N) is 1. The first-order valence-electron chi connectivity index (χ1n) is 6.24. The maximum atomic E-state index is 13.8. The molecule has 1 amide bonds. The molecule has 21 heavy (non-hydrogen) atoms. The number of benzene rings is 2. The zero-order valence-electron chi connectivity index (χ0n) is 11.1. The first-order chi connectivity index (χ1) is 10.1. The highest BCUT2D eigenvalue weighted by atomic mass is 79.9. The van der Waals surface area contributed by atoms with Gasteiger partial charge in [-0.3, -0.25) is 9.48 Å². The molecule has 0 bridgehead atoms. The van der Waals surface area contributed by atoms with Crippen LogP contribution >= 0.6 is 15.9 Å². The molecular formula is C15H11BrFN3O. The molecule has 1 N–H and O–H groups in total. The lowest BCUT2D eigenvalue weighted by molar-refractivity contribution is 0.102. The summed E-state index contributed by atoms with van der Waals surface area (Å²) >= 11 is 3.17. The van der Waals surface area contributed by atoms with E-state index in [1.165, 1.54) is 12.1 Å². The molecule has 0 radical (unpaired) electrons. The second-order valence-electron chi connectivity index (χ2n) is 4.57. The van der Waals surface area contributed by atoms with Gasteiger partial charge in [0, 0.05) is 16.9 Å². The predicted molar refractivity (Wildman–Crippen MR) is 82.8 cm³/mol. The highest BCUT2D eigenvalue weighted by molar-refractivity contribution is 9.10. The highest BCUT2D eigenvalue weighted by Gasteiger charge is 2.17. The maximum absolute atomic E-state index is 13.8. The van der Waals surface area contributed by atoms with Crippen molar-refractivity contribution in [2.24, 2.45) is 7.05 Å². The Bertz CT molecular complexity index is 844. The third-order valence-corrected chi connectivity index (χ3v) is 3.65. The standard InChI is InChI=1S/C15H11BrFN3O/c1-20-13-5-3-2-4-10(13)14(19-20)15(21)18-12-7-6-9(16)8-11(12)17/h2-8H,1H3,(H,18,21). The largest absolute Gasteiger partial charge is 0.318 e. The number of para-hydroxylation sites is 1. The van der Waals surface area contributed by atoms with Crippen LogP contribution in [-0.2, 0) is 7.05 Å². The summed E-state index contributed by atoms with van der Waals surface area (Å²) in [4.78, 5) is 12.3. The fraction of sp³-hybridized carbons (Fsp3) is 0.0667. The van der Waals surface area contributed by atoms with Crippen LogP contribution in [0.2, 0.25) is 0 Å². The maximum Gasteiger partial charge on any atom is 0.276 e. The van der Waals surface area contributed by atoms with Gasteiger partial charge in [-0.15, -0.1) is 0 Å². The third kappa shape index (κ3) is 2.54. The number of amides is 1. The Hall–Kier alpha value is -2.21. The van der Waals surface area contributed by atoms with Crippen LogP contribution in [0.25, 0.3) is 10.9 Å². The van der Waals surface area contributed by atoms with Gasteiger partial charge in [0.05, 0.1) is 11.2 Å². The van der Waals surface area contributed by atoms with Crippen molar-refractivity contribution in [3.63, 3.8) is 0 Å². The smallest absolute Gasteiger partial charge is 0.276 e. The molecule has 6 heteroatoms. The molecule has 0 unspecified atom stereocenters. The van der Waals surface area contributed by atoms with Gasteiger partial charge in [-0.05, 0) is 24.3 Å². The predicted octanol–water partition coefficient (Wildman–Crippen LogP) is 3.73. The minimum Gasteiger partial charge on any atom is -0.318 e. The second-order valence-corrected chi connectivity index (χ2v) is 5.48. The quantitative estimate of drug-likeness (QED) is 0.767. The van der Waals surface area contributed by atoms with E-state index in [-0.39, 0.29) is 11.4 Å². The van der Waals surface area contributed by atoms with Gasteiger partial charge in [-0.2, -0.15) is 5.10 Å². The molecule has 0 aliphatic heterocycles. The van der Waals surface area contributed by atoms with Crippen LogP contribution in [0.5, 0.6) is 0 Å². The van der Waals surface area contributed by atoms with Crippen LogP contribution in [0.3, 0.4) is 0 Å². The molecule has 3 rings (SSSR count). The summed E-state index contributed by atoms with van der Waals surface area (Å²) in [5.74, 6) is -0.939. The lowest BCUT2D eigenvalue weighted by atomic mass is 10.2. The number of aromatic nitrogens is 2. The third-order valence-electron chi connectivity index (χ3n) is 3.15. The Morgan fingerprint density at radius 1 is 1.29 bits per heavy atom. The van der Waals surface area contributed by atoms with Crippen LogP contribution in [0.1, 0.15) is 10.5 Å². The number of nitrogens with zero attached hydrogens (tertiary/aromatic N) is 2. The van der Waals surface area contributed by atoms with Crippen LogP contribution in [0.4, 0.5) is 10.1 Å². The Balaban J connectivity index is 1.98. The number of halogens is 2. The lowest BCUT2D eigenvalue weighted by Crippen LogP contribution is -2.14. The van der Waals surface area contributed by atoms with Crippen LogP contribution in [0.15, 0.2) is 46.9 Å². The van der Waals surface area contributed by atoms with Crippen molar-refractivity contribution in [2.45, 2.75) is 0 Å². The Labute approximate surface area is 128 Å². The van der Waals surface area contributed by atoms with E-state index in [1.54, 1.807) is 17.8 Å². The van der Waals surface area contributed by atoms with Gasteiger partial charge < -0.3 is 5.32 Å². The van der Waals surface area contributed by atoms with Crippen LogP contribution in [0, 0.1) is 5.82 Å². The normalized spacial score (nSPS) is 10.8. The fourth-order valence-corrected chi connectivity index (χ4v) is 2.49. The topological polar surface area (TPSA) is 46.9 Å². The van der Waals surface area contributed by atoms with Gasteiger partial charge >= 0.3 is 0 Å². The molecule has 0 fully saturated rings. The van der Waals surface area contributed by atoms with E-state index in [0.717, 1.165) is 10.9 Å². The first kappa shape index (κ1) is 13.8. The molecule has 2 aromatic carbocycles. The number of rotatable bonds is 2. The minimum atomic E-state index is -0.502. The van der Waals surface area contributed by atoms with E-state index in [9.17, 15) is 9.18 Å². The van der Waals surface area contributed by atoms with E-state index in [4.69, 9.17) is 0 Å². The molecule has 106 valence electrons. The van der Waals surface area contributed by atoms with Crippen molar-refractivity contribution >= 4 is 38.4 Å². The monoisotopic (exact) mass is 347 g/mol. The molecule has 0 spiro atoms. The summed E-state index contributed by atoms with van der Waals surface area (Å²) in [6, 6.07) is 11.9. The van der Waals surface area contributed by atoms with E-state index in [2.05, 4.69) is 26.3 Å². The van der Waals surface area contributed by atoms with Gasteiger partial charge in [0.15, 0.2) is 5.69 Å². The van der Waals surface area contributed by atoms with E-state index >= 15 is 0 Å². The van der Waals surface area contributed by atoms with Crippen LogP contribution in [-0.4, -0.2) is 15.7 Å². The summed E-state index contributed by atoms with van der Waals surface area (Å²) in [6.07, 6.45) is 0. The van der Waals surface area contributed by atoms with Crippen molar-refractivity contribution in [1.29, 1.82) is 0 Å². The number of aryl methyl sites for hydroxylation is 1. The summed E-state index contributed by atoms with van der Waals surface area (Å²) in [5, 5.41) is 7.49. The van der Waals surface area contributed by atoms with Gasteiger partial charge in [-0.1, -0.05) is 34.1 Å². The lowest BCUT2D eigenvalue weighted by Gasteiger charge is -2.05. The Kier molecular flexibility index (Phi) is 3.47. The van der Waals surface area contributed by atoms with E-state index in [1.807, 2.05) is 24.3 Å². The first-order valence-corrected chi connectivity index (χ1v) is 7.03. The summed E-state index contributed by atoms with van der Waals surface area (Å²) < 4.78 is 16.0. The minimum absolute atomic E-state index is 0.123. The van der Waals surface area contributed by atoms with Crippen molar-refractivity contribution in [3.8, 4) is 0 Å². The van der Waals surface area contributed by atoms with Crippen LogP contribution < -0.4 is 5.32 Å². The summed E-state index contributed by atoms with van der Waals surface area (Å²) in [5.41, 5.74) is 1.24. The number of fused-ring (bicyclic) bond motifs is 1. The zero-order valence-corrected chi connectivity index (χ0v) is 12.7. The van der Waals surface area contributed by atoms with Gasteiger partial charge in [-0.25, -0.2) is 4.39 Å². The second kappa shape index (κ2) is 5.29. The SMILES string of the molecule is Cn1nc(C(=O)Nc2ccc(Br)cc2F)c2ccccc21. The van der Waals surface area contributed by atoms with Crippen molar-refractivity contribution in [3.05, 3.63) is 58.4 Å². The molecule has 3 aromatic rings. The molecule has 0 atom stereocenters.